The van der Waals surface area contributed by atoms with Crippen molar-refractivity contribution in [2.45, 2.75) is 27.2 Å². The SMILES string of the molecule is CC(C)(C)Cc1ccc2c(Br)c3ccccc3cc2c1. The first kappa shape index (κ1) is 13.6. The lowest BCUT2D eigenvalue weighted by atomic mass is 9.87. The zero-order chi connectivity index (χ0) is 14.3. The Morgan fingerprint density at radius 1 is 0.850 bits per heavy atom. The van der Waals surface area contributed by atoms with E-state index in [-0.39, 0.29) is 0 Å². The van der Waals surface area contributed by atoms with Crippen LogP contribution in [0.4, 0.5) is 0 Å². The zero-order valence-corrected chi connectivity index (χ0v) is 13.8. The first-order valence-electron chi connectivity index (χ1n) is 7.04. The Morgan fingerprint density at radius 2 is 1.55 bits per heavy atom. The van der Waals surface area contributed by atoms with Crippen molar-refractivity contribution in [1.82, 2.24) is 0 Å². The van der Waals surface area contributed by atoms with Crippen molar-refractivity contribution >= 4 is 37.5 Å². The fourth-order valence-electron chi connectivity index (χ4n) is 2.79. The summed E-state index contributed by atoms with van der Waals surface area (Å²) < 4.78 is 1.20. The Kier molecular flexibility index (Phi) is 3.33. The van der Waals surface area contributed by atoms with Gasteiger partial charge in [0, 0.05) is 4.47 Å². The van der Waals surface area contributed by atoms with Crippen molar-refractivity contribution in [2.75, 3.05) is 0 Å². The lowest BCUT2D eigenvalue weighted by Crippen LogP contribution is -2.08. The van der Waals surface area contributed by atoms with E-state index >= 15 is 0 Å². The lowest BCUT2D eigenvalue weighted by molar-refractivity contribution is 0.411. The van der Waals surface area contributed by atoms with Crippen LogP contribution in [0.2, 0.25) is 0 Å². The minimum Gasteiger partial charge on any atom is -0.0616 e. The first-order valence-corrected chi connectivity index (χ1v) is 7.83. The molecular weight excluding hydrogens is 308 g/mol. The lowest BCUT2D eigenvalue weighted by Gasteiger charge is -2.18. The van der Waals surface area contributed by atoms with Crippen LogP contribution in [0.15, 0.2) is 53.0 Å². The molecule has 0 atom stereocenters. The normalized spacial score (nSPS) is 12.2. The summed E-state index contributed by atoms with van der Waals surface area (Å²) in [6.45, 7) is 6.86. The maximum atomic E-state index is 3.77. The van der Waals surface area contributed by atoms with Gasteiger partial charge in [0.25, 0.3) is 0 Å². The molecule has 0 saturated carbocycles. The molecule has 0 unspecified atom stereocenters. The van der Waals surface area contributed by atoms with Gasteiger partial charge >= 0.3 is 0 Å². The second-order valence-corrected chi connectivity index (χ2v) is 7.50. The summed E-state index contributed by atoms with van der Waals surface area (Å²) in [5, 5.41) is 5.18. The number of halogens is 1. The van der Waals surface area contributed by atoms with Crippen LogP contribution in [0.5, 0.6) is 0 Å². The molecule has 102 valence electrons. The van der Waals surface area contributed by atoms with Gasteiger partial charge in [-0.1, -0.05) is 63.2 Å². The number of rotatable bonds is 1. The van der Waals surface area contributed by atoms with Gasteiger partial charge in [0.15, 0.2) is 0 Å². The van der Waals surface area contributed by atoms with E-state index in [4.69, 9.17) is 0 Å². The van der Waals surface area contributed by atoms with Crippen molar-refractivity contribution in [1.29, 1.82) is 0 Å². The van der Waals surface area contributed by atoms with Gasteiger partial charge in [0.2, 0.25) is 0 Å². The number of hydrogen-bond donors (Lipinski definition) is 0. The molecule has 0 aliphatic heterocycles. The average Bonchev–Trinajstić information content (AvgIpc) is 2.37. The van der Waals surface area contributed by atoms with Crippen LogP contribution in [0.3, 0.4) is 0 Å². The Bertz CT molecular complexity index is 779. The Labute approximate surface area is 128 Å². The van der Waals surface area contributed by atoms with E-state index in [9.17, 15) is 0 Å². The predicted molar refractivity (Wildman–Crippen MR) is 92.3 cm³/mol. The highest BCUT2D eigenvalue weighted by molar-refractivity contribution is 9.10. The Morgan fingerprint density at radius 3 is 2.30 bits per heavy atom. The number of hydrogen-bond acceptors (Lipinski definition) is 0. The fourth-order valence-corrected chi connectivity index (χ4v) is 3.51. The minimum atomic E-state index is 0.321. The molecule has 0 spiro atoms. The summed E-state index contributed by atoms with van der Waals surface area (Å²) >= 11 is 3.77. The van der Waals surface area contributed by atoms with Crippen molar-refractivity contribution < 1.29 is 0 Å². The molecule has 0 N–H and O–H groups in total. The second-order valence-electron chi connectivity index (χ2n) is 6.70. The molecule has 0 amide bonds. The predicted octanol–water partition coefficient (Wildman–Crippen LogP) is 6.34. The Balaban J connectivity index is 2.22. The third-order valence-corrected chi connectivity index (χ3v) is 4.45. The van der Waals surface area contributed by atoms with Gasteiger partial charge in [-0.25, -0.2) is 0 Å². The van der Waals surface area contributed by atoms with Crippen LogP contribution in [0.1, 0.15) is 26.3 Å². The molecule has 3 rings (SSSR count). The van der Waals surface area contributed by atoms with E-state index in [1.807, 2.05) is 0 Å². The molecule has 0 aromatic heterocycles. The van der Waals surface area contributed by atoms with Crippen molar-refractivity contribution in [2.24, 2.45) is 5.41 Å². The molecule has 0 bridgehead atoms. The highest BCUT2D eigenvalue weighted by Gasteiger charge is 2.12. The molecule has 0 aliphatic carbocycles. The van der Waals surface area contributed by atoms with Crippen molar-refractivity contribution in [3.8, 4) is 0 Å². The van der Waals surface area contributed by atoms with E-state index in [0.717, 1.165) is 6.42 Å². The van der Waals surface area contributed by atoms with E-state index in [2.05, 4.69) is 85.2 Å². The number of fused-ring (bicyclic) bond motifs is 2. The molecule has 0 saturated heterocycles. The molecule has 3 aromatic carbocycles. The minimum absolute atomic E-state index is 0.321. The largest absolute Gasteiger partial charge is 0.0616 e. The van der Waals surface area contributed by atoms with Crippen LogP contribution in [0.25, 0.3) is 21.5 Å². The summed E-state index contributed by atoms with van der Waals surface area (Å²) in [5.74, 6) is 0. The van der Waals surface area contributed by atoms with Gasteiger partial charge in [-0.3, -0.25) is 0 Å². The topological polar surface area (TPSA) is 0 Å². The van der Waals surface area contributed by atoms with Crippen LogP contribution in [-0.4, -0.2) is 0 Å². The molecule has 20 heavy (non-hydrogen) atoms. The van der Waals surface area contributed by atoms with Crippen LogP contribution >= 0.6 is 15.9 Å². The molecular formula is C19H19Br. The van der Waals surface area contributed by atoms with Gasteiger partial charge < -0.3 is 0 Å². The van der Waals surface area contributed by atoms with E-state index in [1.165, 1.54) is 31.6 Å². The summed E-state index contributed by atoms with van der Waals surface area (Å²) in [7, 11) is 0. The Hall–Kier alpha value is -1.34. The van der Waals surface area contributed by atoms with Crippen LogP contribution in [-0.2, 0) is 6.42 Å². The molecule has 0 nitrogen and oxygen atoms in total. The molecule has 3 aromatic rings. The smallest absolute Gasteiger partial charge is 0.0332 e. The summed E-state index contributed by atoms with van der Waals surface area (Å²) in [4.78, 5) is 0. The second kappa shape index (κ2) is 4.89. The van der Waals surface area contributed by atoms with E-state index in [0.29, 0.717) is 5.41 Å². The maximum absolute atomic E-state index is 3.77. The van der Waals surface area contributed by atoms with Crippen molar-refractivity contribution in [3.05, 3.63) is 58.6 Å². The number of benzene rings is 3. The van der Waals surface area contributed by atoms with Crippen molar-refractivity contribution in [3.63, 3.8) is 0 Å². The average molecular weight is 327 g/mol. The van der Waals surface area contributed by atoms with Gasteiger partial charge in [0.05, 0.1) is 0 Å². The van der Waals surface area contributed by atoms with Gasteiger partial charge in [-0.2, -0.15) is 0 Å². The highest BCUT2D eigenvalue weighted by atomic mass is 79.9. The van der Waals surface area contributed by atoms with Gasteiger partial charge in [-0.05, 0) is 60.9 Å². The molecule has 0 heterocycles. The summed E-state index contributed by atoms with van der Waals surface area (Å²) in [6, 6.07) is 17.7. The van der Waals surface area contributed by atoms with Crippen LogP contribution < -0.4 is 0 Å². The van der Waals surface area contributed by atoms with Gasteiger partial charge in [0.1, 0.15) is 0 Å². The molecule has 1 heteroatoms. The van der Waals surface area contributed by atoms with Crippen LogP contribution in [0, 0.1) is 5.41 Å². The molecule has 0 fully saturated rings. The third kappa shape index (κ3) is 2.60. The maximum Gasteiger partial charge on any atom is 0.0332 e. The quantitative estimate of drug-likeness (QED) is 0.457. The van der Waals surface area contributed by atoms with E-state index in [1.54, 1.807) is 0 Å². The summed E-state index contributed by atoms with van der Waals surface area (Å²) in [5.41, 5.74) is 1.73. The van der Waals surface area contributed by atoms with Gasteiger partial charge in [-0.15, -0.1) is 0 Å². The first-order chi connectivity index (χ1) is 9.44. The molecule has 0 aliphatic rings. The van der Waals surface area contributed by atoms with E-state index < -0.39 is 0 Å². The zero-order valence-electron chi connectivity index (χ0n) is 12.2. The monoisotopic (exact) mass is 326 g/mol. The molecule has 0 radical (unpaired) electrons. The fraction of sp³-hybridized carbons (Fsp3) is 0.263. The third-order valence-electron chi connectivity index (χ3n) is 3.60. The highest BCUT2D eigenvalue weighted by Crippen LogP contribution is 2.34. The summed E-state index contributed by atoms with van der Waals surface area (Å²) in [6.07, 6.45) is 1.10. The standard InChI is InChI=1S/C19H19Br/c1-19(2,3)12-13-8-9-17-15(10-13)11-14-6-4-5-7-16(14)18(17)20/h4-11H,12H2,1-3H3.